The van der Waals surface area contributed by atoms with E-state index in [-0.39, 0.29) is 11.3 Å². The van der Waals surface area contributed by atoms with Crippen LogP contribution in [0.3, 0.4) is 0 Å². The van der Waals surface area contributed by atoms with Gasteiger partial charge >= 0.3 is 5.97 Å². The van der Waals surface area contributed by atoms with E-state index in [1.54, 1.807) is 18.2 Å². The molecule has 162 valence electrons. The van der Waals surface area contributed by atoms with Crippen molar-refractivity contribution in [1.82, 2.24) is 0 Å². The molecule has 0 saturated heterocycles. The first kappa shape index (κ1) is 22.3. The Labute approximate surface area is 182 Å². The Kier molecular flexibility index (Phi) is 6.86. The van der Waals surface area contributed by atoms with Crippen LogP contribution in [0.2, 0.25) is 0 Å². The van der Waals surface area contributed by atoms with E-state index in [9.17, 15) is 9.59 Å². The van der Waals surface area contributed by atoms with Crippen molar-refractivity contribution in [1.29, 1.82) is 0 Å². The molecule has 1 atom stereocenters. The van der Waals surface area contributed by atoms with E-state index in [0.29, 0.717) is 34.4 Å². The van der Waals surface area contributed by atoms with Gasteiger partial charge in [-0.2, -0.15) is 0 Å². The lowest BCUT2D eigenvalue weighted by Gasteiger charge is -2.36. The zero-order valence-electron chi connectivity index (χ0n) is 18.5. The molecule has 3 rings (SSSR count). The maximum atomic E-state index is 13.0. The summed E-state index contributed by atoms with van der Waals surface area (Å²) in [6, 6.07) is 7.14. The van der Waals surface area contributed by atoms with Crippen LogP contribution in [0.1, 0.15) is 71.7 Å². The zero-order chi connectivity index (χ0) is 21.9. The third-order valence-corrected chi connectivity index (χ3v) is 7.50. The number of rotatable bonds is 7. The summed E-state index contributed by atoms with van der Waals surface area (Å²) < 4.78 is 10.6. The number of para-hydroxylation sites is 1. The van der Waals surface area contributed by atoms with Crippen LogP contribution in [0, 0.1) is 11.3 Å². The summed E-state index contributed by atoms with van der Waals surface area (Å²) in [5.41, 5.74) is 2.23. The van der Waals surface area contributed by atoms with Crippen LogP contribution >= 0.6 is 11.3 Å². The molecule has 1 heterocycles. The predicted molar refractivity (Wildman–Crippen MR) is 121 cm³/mol. The van der Waals surface area contributed by atoms with Gasteiger partial charge in [0.2, 0.25) is 0 Å². The molecule has 0 saturated carbocycles. The van der Waals surface area contributed by atoms with Crippen molar-refractivity contribution in [3.63, 3.8) is 0 Å². The Morgan fingerprint density at radius 3 is 2.63 bits per heavy atom. The van der Waals surface area contributed by atoms with Gasteiger partial charge in [0.05, 0.1) is 24.8 Å². The smallest absolute Gasteiger partial charge is 0.341 e. The van der Waals surface area contributed by atoms with Gasteiger partial charge in [0.1, 0.15) is 10.8 Å². The highest BCUT2D eigenvalue weighted by Crippen LogP contribution is 2.45. The number of fused-ring (bicyclic) bond motifs is 1. The first-order valence-electron chi connectivity index (χ1n) is 10.6. The molecule has 1 N–H and O–H groups in total. The molecule has 1 aromatic heterocycles. The van der Waals surface area contributed by atoms with Gasteiger partial charge in [-0.1, -0.05) is 39.3 Å². The van der Waals surface area contributed by atoms with Crippen molar-refractivity contribution in [2.24, 2.45) is 11.3 Å². The number of ether oxygens (including phenoxy) is 2. The summed E-state index contributed by atoms with van der Waals surface area (Å²) in [6.07, 6.45) is 3.90. The number of hydrogen-bond donors (Lipinski definition) is 1. The fourth-order valence-electron chi connectivity index (χ4n) is 4.05. The van der Waals surface area contributed by atoms with E-state index in [0.717, 1.165) is 31.2 Å². The molecule has 1 unspecified atom stereocenters. The number of anilines is 1. The van der Waals surface area contributed by atoms with Crippen molar-refractivity contribution in [2.45, 2.75) is 53.4 Å². The SMILES string of the molecule is CCOc1ccccc1C(=O)Nc1sc2c(c1C(=O)OC)CCC(C(C)(C)CC)C2. The number of thiophene rings is 1. The van der Waals surface area contributed by atoms with E-state index in [1.165, 1.54) is 23.3 Å². The fourth-order valence-corrected chi connectivity index (χ4v) is 5.36. The second-order valence-electron chi connectivity index (χ2n) is 8.36. The maximum absolute atomic E-state index is 13.0. The topological polar surface area (TPSA) is 64.6 Å². The second-order valence-corrected chi connectivity index (χ2v) is 9.47. The first-order chi connectivity index (χ1) is 14.3. The van der Waals surface area contributed by atoms with E-state index in [2.05, 4.69) is 26.1 Å². The molecule has 2 aromatic rings. The quantitative estimate of drug-likeness (QED) is 0.571. The predicted octanol–water partition coefficient (Wildman–Crippen LogP) is 5.73. The lowest BCUT2D eigenvalue weighted by atomic mass is 9.69. The largest absolute Gasteiger partial charge is 0.493 e. The summed E-state index contributed by atoms with van der Waals surface area (Å²) in [6.45, 7) is 9.20. The third kappa shape index (κ3) is 4.38. The Morgan fingerprint density at radius 2 is 1.97 bits per heavy atom. The number of esters is 1. The maximum Gasteiger partial charge on any atom is 0.341 e. The van der Waals surface area contributed by atoms with Gasteiger partial charge in [-0.15, -0.1) is 11.3 Å². The molecule has 1 aromatic carbocycles. The third-order valence-electron chi connectivity index (χ3n) is 6.33. The molecule has 1 aliphatic rings. The molecular weight excluding hydrogens is 398 g/mol. The molecule has 1 aliphatic carbocycles. The van der Waals surface area contributed by atoms with Crippen LogP contribution in [-0.4, -0.2) is 25.6 Å². The molecule has 5 nitrogen and oxygen atoms in total. The van der Waals surface area contributed by atoms with Crippen LogP contribution in [-0.2, 0) is 17.6 Å². The van der Waals surface area contributed by atoms with E-state index in [4.69, 9.17) is 9.47 Å². The second kappa shape index (κ2) is 9.21. The Morgan fingerprint density at radius 1 is 1.23 bits per heavy atom. The molecule has 0 radical (unpaired) electrons. The van der Waals surface area contributed by atoms with Gasteiger partial charge in [-0.05, 0) is 55.2 Å². The van der Waals surface area contributed by atoms with Crippen LogP contribution in [0.4, 0.5) is 5.00 Å². The van der Waals surface area contributed by atoms with E-state index in [1.807, 2.05) is 13.0 Å². The van der Waals surface area contributed by atoms with Gasteiger partial charge in [-0.3, -0.25) is 4.79 Å². The minimum Gasteiger partial charge on any atom is -0.493 e. The number of carbonyl (C=O) groups is 2. The van der Waals surface area contributed by atoms with E-state index >= 15 is 0 Å². The molecule has 0 spiro atoms. The number of benzene rings is 1. The Bertz CT molecular complexity index is 931. The standard InChI is InChI=1S/C24H31NO4S/c1-6-24(3,4)15-12-13-17-19(14-15)30-22(20(17)23(27)28-5)25-21(26)16-10-8-9-11-18(16)29-7-2/h8-11,15H,6-7,12-14H2,1-5H3,(H,25,26). The molecule has 0 bridgehead atoms. The molecule has 30 heavy (non-hydrogen) atoms. The number of nitrogens with one attached hydrogen (secondary N) is 1. The van der Waals surface area contributed by atoms with Crippen molar-refractivity contribution >= 4 is 28.2 Å². The molecule has 0 aliphatic heterocycles. The van der Waals surface area contributed by atoms with Gasteiger partial charge in [0.25, 0.3) is 5.91 Å². The van der Waals surface area contributed by atoms with Gasteiger partial charge in [0, 0.05) is 4.88 Å². The first-order valence-corrected chi connectivity index (χ1v) is 11.4. The summed E-state index contributed by atoms with van der Waals surface area (Å²) >= 11 is 1.50. The van der Waals surface area contributed by atoms with Gasteiger partial charge < -0.3 is 14.8 Å². The van der Waals surface area contributed by atoms with Crippen molar-refractivity contribution in [3.8, 4) is 5.75 Å². The molecule has 0 fully saturated rings. The van der Waals surface area contributed by atoms with E-state index < -0.39 is 5.97 Å². The monoisotopic (exact) mass is 429 g/mol. The zero-order valence-corrected chi connectivity index (χ0v) is 19.3. The van der Waals surface area contributed by atoms with Gasteiger partial charge in [-0.25, -0.2) is 4.79 Å². The number of methoxy groups -OCH3 is 1. The van der Waals surface area contributed by atoms with Gasteiger partial charge in [0.15, 0.2) is 0 Å². The molecule has 6 heteroatoms. The van der Waals surface area contributed by atoms with Crippen molar-refractivity contribution in [3.05, 3.63) is 45.8 Å². The highest BCUT2D eigenvalue weighted by molar-refractivity contribution is 7.17. The number of amides is 1. The highest BCUT2D eigenvalue weighted by atomic mass is 32.1. The summed E-state index contributed by atoms with van der Waals surface area (Å²) in [4.78, 5) is 26.8. The number of carbonyl (C=O) groups excluding carboxylic acids is 2. The summed E-state index contributed by atoms with van der Waals surface area (Å²) in [5, 5.41) is 3.53. The summed E-state index contributed by atoms with van der Waals surface area (Å²) in [5.74, 6) is 0.409. The average molecular weight is 430 g/mol. The number of hydrogen-bond acceptors (Lipinski definition) is 5. The molecule has 1 amide bonds. The lowest BCUT2D eigenvalue weighted by Crippen LogP contribution is -2.28. The van der Waals surface area contributed by atoms with Crippen LogP contribution in [0.5, 0.6) is 5.75 Å². The Hall–Kier alpha value is -2.34. The normalized spacial score (nSPS) is 16.0. The van der Waals surface area contributed by atoms with Crippen LogP contribution in [0.25, 0.3) is 0 Å². The average Bonchev–Trinajstić information content (AvgIpc) is 3.10. The van der Waals surface area contributed by atoms with Crippen LogP contribution < -0.4 is 10.1 Å². The minimum absolute atomic E-state index is 0.243. The molecular formula is C24H31NO4S. The minimum atomic E-state index is -0.394. The van der Waals surface area contributed by atoms with Crippen molar-refractivity contribution < 1.29 is 19.1 Å². The highest BCUT2D eigenvalue weighted by Gasteiger charge is 2.35. The Balaban J connectivity index is 1.94. The fraction of sp³-hybridized carbons (Fsp3) is 0.500. The van der Waals surface area contributed by atoms with Crippen LogP contribution in [0.15, 0.2) is 24.3 Å². The summed E-state index contributed by atoms with van der Waals surface area (Å²) in [7, 11) is 1.38. The lowest BCUT2D eigenvalue weighted by molar-refractivity contribution is 0.0600. The van der Waals surface area contributed by atoms with Crippen molar-refractivity contribution in [2.75, 3.05) is 19.0 Å².